The number of benzene rings is 1. The van der Waals surface area contributed by atoms with E-state index in [1.54, 1.807) is 12.1 Å². The summed E-state index contributed by atoms with van der Waals surface area (Å²) < 4.78 is 42.1. The highest BCUT2D eigenvalue weighted by molar-refractivity contribution is 5.24. The van der Waals surface area contributed by atoms with Crippen molar-refractivity contribution in [2.75, 3.05) is 6.61 Å². The van der Waals surface area contributed by atoms with Crippen LogP contribution >= 0.6 is 0 Å². The quantitative estimate of drug-likeness (QED) is 0.858. The molecular formula is C14H20F3NO. The van der Waals surface area contributed by atoms with Crippen molar-refractivity contribution in [1.29, 1.82) is 0 Å². The zero-order chi connectivity index (χ0) is 14.5. The van der Waals surface area contributed by atoms with Gasteiger partial charge < -0.3 is 10.1 Å². The Kier molecular flexibility index (Phi) is 5.82. The molecule has 1 aromatic carbocycles. The molecule has 0 aliphatic carbocycles. The van der Waals surface area contributed by atoms with Gasteiger partial charge in [0.25, 0.3) is 6.43 Å². The Hall–Kier alpha value is -1.07. The van der Waals surface area contributed by atoms with Crippen LogP contribution in [0, 0.1) is 5.82 Å². The molecule has 0 amide bonds. The lowest BCUT2D eigenvalue weighted by molar-refractivity contribution is 0.00900. The third-order valence-corrected chi connectivity index (χ3v) is 2.43. The molecule has 0 fully saturated rings. The summed E-state index contributed by atoms with van der Waals surface area (Å²) in [4.78, 5) is 0. The van der Waals surface area contributed by atoms with Crippen LogP contribution in [0.1, 0.15) is 31.9 Å². The zero-order valence-electron chi connectivity index (χ0n) is 11.5. The van der Waals surface area contributed by atoms with Crippen molar-refractivity contribution in [3.63, 3.8) is 0 Å². The lowest BCUT2D eigenvalue weighted by Crippen LogP contribution is -2.35. The number of hydrogen-bond donors (Lipinski definition) is 1. The average Bonchev–Trinajstić information content (AvgIpc) is 2.28. The lowest BCUT2D eigenvalue weighted by Gasteiger charge is -2.20. The van der Waals surface area contributed by atoms with Gasteiger partial charge in [0.2, 0.25) is 0 Å². The van der Waals surface area contributed by atoms with Gasteiger partial charge >= 0.3 is 0 Å². The highest BCUT2D eigenvalue weighted by Crippen LogP contribution is 2.13. The second-order valence-electron chi connectivity index (χ2n) is 5.44. The van der Waals surface area contributed by atoms with Crippen LogP contribution in [0.3, 0.4) is 0 Å². The molecule has 0 radical (unpaired) electrons. The molecule has 0 saturated heterocycles. The highest BCUT2D eigenvalue weighted by atomic mass is 19.3. The number of nitrogens with one attached hydrogen (secondary N) is 1. The molecule has 0 aliphatic rings. The number of hydrogen-bond acceptors (Lipinski definition) is 2. The van der Waals surface area contributed by atoms with Crippen LogP contribution in [-0.4, -0.2) is 18.6 Å². The van der Waals surface area contributed by atoms with Gasteiger partial charge in [0, 0.05) is 17.6 Å². The average molecular weight is 275 g/mol. The van der Waals surface area contributed by atoms with Gasteiger partial charge in [-0.25, -0.2) is 13.2 Å². The second-order valence-corrected chi connectivity index (χ2v) is 5.44. The molecule has 0 heterocycles. The Balaban J connectivity index is 2.61. The van der Waals surface area contributed by atoms with E-state index >= 15 is 0 Å². The third kappa shape index (κ3) is 6.59. The Morgan fingerprint density at radius 1 is 1.26 bits per heavy atom. The van der Waals surface area contributed by atoms with E-state index < -0.39 is 18.8 Å². The van der Waals surface area contributed by atoms with Crippen molar-refractivity contribution >= 4 is 0 Å². The van der Waals surface area contributed by atoms with Gasteiger partial charge in [0.15, 0.2) is 0 Å². The summed E-state index contributed by atoms with van der Waals surface area (Å²) in [5, 5.41) is 3.28. The monoisotopic (exact) mass is 275 g/mol. The number of halogens is 3. The topological polar surface area (TPSA) is 21.3 Å². The summed E-state index contributed by atoms with van der Waals surface area (Å²) in [6.45, 7) is 5.87. The Labute approximate surface area is 112 Å². The largest absolute Gasteiger partial charge is 0.371 e. The van der Waals surface area contributed by atoms with Crippen LogP contribution in [0.4, 0.5) is 13.2 Å². The van der Waals surface area contributed by atoms with Crippen LogP contribution in [-0.2, 0) is 17.9 Å². The minimum absolute atomic E-state index is 0.0409. The molecule has 0 spiro atoms. The first-order valence-corrected chi connectivity index (χ1v) is 6.16. The third-order valence-electron chi connectivity index (χ3n) is 2.43. The molecule has 0 bridgehead atoms. The van der Waals surface area contributed by atoms with Gasteiger partial charge in [0.05, 0.1) is 6.61 Å². The molecule has 2 nitrogen and oxygen atoms in total. The van der Waals surface area contributed by atoms with Gasteiger partial charge in [0.1, 0.15) is 12.4 Å². The highest BCUT2D eigenvalue weighted by Gasteiger charge is 2.10. The summed E-state index contributed by atoms with van der Waals surface area (Å²) in [5.41, 5.74) is 1.15. The maximum Gasteiger partial charge on any atom is 0.261 e. The first-order valence-electron chi connectivity index (χ1n) is 6.16. The molecule has 5 heteroatoms. The first kappa shape index (κ1) is 16.0. The molecule has 1 rings (SSSR count). The predicted octanol–water partition coefficient (Wildman–Crippen LogP) is 3.50. The molecule has 0 saturated carbocycles. The van der Waals surface area contributed by atoms with Crippen LogP contribution in [0.2, 0.25) is 0 Å². The summed E-state index contributed by atoms with van der Waals surface area (Å²) >= 11 is 0. The van der Waals surface area contributed by atoms with E-state index in [0.717, 1.165) is 5.56 Å². The molecule has 19 heavy (non-hydrogen) atoms. The maximum atomic E-state index is 13.5. The smallest absolute Gasteiger partial charge is 0.261 e. The fraction of sp³-hybridized carbons (Fsp3) is 0.571. The van der Waals surface area contributed by atoms with E-state index in [1.807, 2.05) is 20.8 Å². The molecule has 1 aromatic rings. The van der Waals surface area contributed by atoms with Gasteiger partial charge in [-0.05, 0) is 38.5 Å². The minimum Gasteiger partial charge on any atom is -0.371 e. The standard InChI is InChI=1S/C14H20F3NO/c1-14(2,3)18-7-10-4-5-12(15)11(6-10)8-19-9-13(16)17/h4-6,13,18H,7-9H2,1-3H3. The normalized spacial score (nSPS) is 12.2. The summed E-state index contributed by atoms with van der Waals surface area (Å²) in [5.74, 6) is -0.436. The van der Waals surface area contributed by atoms with Crippen molar-refractivity contribution in [3.05, 3.63) is 35.1 Å². The van der Waals surface area contributed by atoms with E-state index in [4.69, 9.17) is 4.74 Å². The van der Waals surface area contributed by atoms with Crippen LogP contribution < -0.4 is 5.32 Å². The van der Waals surface area contributed by atoms with Crippen molar-refractivity contribution in [2.24, 2.45) is 0 Å². The molecule has 0 aromatic heterocycles. The summed E-state index contributed by atoms with van der Waals surface area (Å²) in [6.07, 6.45) is -2.53. The van der Waals surface area contributed by atoms with Gasteiger partial charge in [-0.2, -0.15) is 0 Å². The summed E-state index contributed by atoms with van der Waals surface area (Å²) in [6, 6.07) is 4.64. The Morgan fingerprint density at radius 3 is 2.53 bits per heavy atom. The molecule has 0 unspecified atom stereocenters. The Morgan fingerprint density at radius 2 is 1.95 bits per heavy atom. The van der Waals surface area contributed by atoms with Gasteiger partial charge in [-0.3, -0.25) is 0 Å². The molecule has 1 N–H and O–H groups in total. The number of rotatable bonds is 6. The fourth-order valence-corrected chi connectivity index (χ4v) is 1.47. The predicted molar refractivity (Wildman–Crippen MR) is 68.7 cm³/mol. The van der Waals surface area contributed by atoms with Crippen molar-refractivity contribution < 1.29 is 17.9 Å². The maximum absolute atomic E-state index is 13.5. The van der Waals surface area contributed by atoms with Crippen LogP contribution in [0.5, 0.6) is 0 Å². The van der Waals surface area contributed by atoms with E-state index in [2.05, 4.69) is 5.32 Å². The van der Waals surface area contributed by atoms with E-state index in [1.165, 1.54) is 6.07 Å². The lowest BCUT2D eigenvalue weighted by atomic mass is 10.1. The zero-order valence-corrected chi connectivity index (χ0v) is 11.5. The Bertz CT molecular complexity index is 402. The fourth-order valence-electron chi connectivity index (χ4n) is 1.47. The van der Waals surface area contributed by atoms with Gasteiger partial charge in [-0.15, -0.1) is 0 Å². The molecule has 0 aliphatic heterocycles. The molecular weight excluding hydrogens is 255 g/mol. The minimum atomic E-state index is -2.53. The first-order chi connectivity index (χ1) is 8.78. The van der Waals surface area contributed by atoms with E-state index in [-0.39, 0.29) is 12.1 Å². The van der Waals surface area contributed by atoms with E-state index in [9.17, 15) is 13.2 Å². The summed E-state index contributed by atoms with van der Waals surface area (Å²) in [7, 11) is 0. The van der Waals surface area contributed by atoms with Gasteiger partial charge in [-0.1, -0.05) is 6.07 Å². The SMILES string of the molecule is CC(C)(C)NCc1ccc(F)c(COCC(F)F)c1. The second kappa shape index (κ2) is 6.91. The molecule has 108 valence electrons. The number of ether oxygens (including phenoxy) is 1. The van der Waals surface area contributed by atoms with Crippen molar-refractivity contribution in [2.45, 2.75) is 45.9 Å². The van der Waals surface area contributed by atoms with Crippen molar-refractivity contribution in [1.82, 2.24) is 5.32 Å². The van der Waals surface area contributed by atoms with E-state index in [0.29, 0.717) is 12.1 Å². The molecule has 0 atom stereocenters. The van der Waals surface area contributed by atoms with Crippen LogP contribution in [0.15, 0.2) is 18.2 Å². The van der Waals surface area contributed by atoms with Crippen LogP contribution in [0.25, 0.3) is 0 Å². The number of alkyl halides is 2. The van der Waals surface area contributed by atoms with Crippen molar-refractivity contribution in [3.8, 4) is 0 Å².